The van der Waals surface area contributed by atoms with Crippen LogP contribution >= 0.6 is 10.7 Å². The van der Waals surface area contributed by atoms with Gasteiger partial charge in [0.25, 0.3) is 9.05 Å². The van der Waals surface area contributed by atoms with Crippen LogP contribution in [0, 0.1) is 0 Å². The van der Waals surface area contributed by atoms with E-state index in [1.165, 1.54) is 11.8 Å². The van der Waals surface area contributed by atoms with Gasteiger partial charge in [-0.2, -0.15) is 0 Å². The minimum atomic E-state index is -3.77. The molecule has 0 radical (unpaired) electrons. The van der Waals surface area contributed by atoms with Crippen LogP contribution in [0.15, 0.2) is 41.6 Å². The third kappa shape index (κ3) is 3.84. The molecule has 0 N–H and O–H groups in total. The second-order valence-corrected chi connectivity index (χ2v) is 7.13. The normalized spacial score (nSPS) is 11.7. The maximum Gasteiger partial charge on any atom is 0.280 e. The van der Waals surface area contributed by atoms with E-state index in [9.17, 15) is 8.42 Å². The van der Waals surface area contributed by atoms with Gasteiger partial charge in [-0.25, -0.2) is 13.4 Å². The highest BCUT2D eigenvalue weighted by atomic mass is 35.7. The fourth-order valence-corrected chi connectivity index (χ4v) is 2.75. The van der Waals surface area contributed by atoms with Crippen molar-refractivity contribution in [3.8, 4) is 0 Å². The van der Waals surface area contributed by atoms with Gasteiger partial charge in [0, 0.05) is 29.8 Å². The molecule has 6 heteroatoms. The Kier molecular flexibility index (Phi) is 4.83. The molecule has 0 saturated heterocycles. The van der Waals surface area contributed by atoms with Crippen LogP contribution in [-0.2, 0) is 28.4 Å². The number of hydrogen-bond donors (Lipinski definition) is 0. The third-order valence-electron chi connectivity index (χ3n) is 3.04. The Hall–Kier alpha value is -1.33. The molecule has 20 heavy (non-hydrogen) atoms. The summed E-state index contributed by atoms with van der Waals surface area (Å²) in [4.78, 5) is 4.13. The largest absolute Gasteiger partial charge is 0.333 e. The Morgan fingerprint density at radius 3 is 2.50 bits per heavy atom. The molecule has 0 fully saturated rings. The maximum absolute atomic E-state index is 11.4. The van der Waals surface area contributed by atoms with Gasteiger partial charge >= 0.3 is 0 Å². The van der Waals surface area contributed by atoms with Crippen molar-refractivity contribution >= 4 is 19.7 Å². The first-order chi connectivity index (χ1) is 9.50. The number of imidazole rings is 1. The van der Waals surface area contributed by atoms with Gasteiger partial charge < -0.3 is 4.57 Å². The van der Waals surface area contributed by atoms with Gasteiger partial charge in [-0.05, 0) is 18.4 Å². The molecule has 1 heterocycles. The van der Waals surface area contributed by atoms with E-state index in [0.717, 1.165) is 25.1 Å². The van der Waals surface area contributed by atoms with Crippen molar-refractivity contribution in [3.05, 3.63) is 47.9 Å². The number of hydrogen-bond acceptors (Lipinski definition) is 3. The van der Waals surface area contributed by atoms with Gasteiger partial charge in [0.05, 0.1) is 0 Å². The third-order valence-corrected chi connectivity index (χ3v) is 4.22. The van der Waals surface area contributed by atoms with Gasteiger partial charge in [0.15, 0.2) is 5.03 Å². The summed E-state index contributed by atoms with van der Waals surface area (Å²) in [5.41, 5.74) is 1.21. The molecule has 0 saturated carbocycles. The zero-order valence-corrected chi connectivity index (χ0v) is 12.9. The molecule has 4 nitrogen and oxygen atoms in total. The molecule has 2 rings (SSSR count). The van der Waals surface area contributed by atoms with Crippen LogP contribution in [-0.4, -0.2) is 18.0 Å². The minimum absolute atomic E-state index is 0.0596. The van der Waals surface area contributed by atoms with Crippen LogP contribution < -0.4 is 0 Å². The predicted molar refractivity (Wildman–Crippen MR) is 79.4 cm³/mol. The van der Waals surface area contributed by atoms with Crippen molar-refractivity contribution in [2.75, 3.05) is 0 Å². The van der Waals surface area contributed by atoms with E-state index in [2.05, 4.69) is 17.1 Å². The predicted octanol–water partition coefficient (Wildman–Crippen LogP) is 3.01. The van der Waals surface area contributed by atoms with Crippen molar-refractivity contribution in [2.45, 2.75) is 37.8 Å². The van der Waals surface area contributed by atoms with Crippen LogP contribution in [0.1, 0.15) is 24.7 Å². The first kappa shape index (κ1) is 15.1. The molecule has 108 valence electrons. The molecule has 0 aliphatic heterocycles. The summed E-state index contributed by atoms with van der Waals surface area (Å²) in [6.07, 6.45) is 4.00. The average molecular weight is 313 g/mol. The summed E-state index contributed by atoms with van der Waals surface area (Å²) in [7, 11) is 1.59. The number of aromatic nitrogens is 2. The molecule has 0 bridgehead atoms. The fourth-order valence-electron chi connectivity index (χ4n) is 2.06. The van der Waals surface area contributed by atoms with Gasteiger partial charge in [0.2, 0.25) is 0 Å². The summed E-state index contributed by atoms with van der Waals surface area (Å²) in [5.74, 6) is 0.766. The number of benzene rings is 1. The minimum Gasteiger partial charge on any atom is -0.333 e. The van der Waals surface area contributed by atoms with E-state index in [4.69, 9.17) is 10.7 Å². The molecule has 0 aliphatic rings. The Morgan fingerprint density at radius 2 is 1.90 bits per heavy atom. The highest BCUT2D eigenvalue weighted by Crippen LogP contribution is 2.16. The van der Waals surface area contributed by atoms with Gasteiger partial charge in [0.1, 0.15) is 5.82 Å². The number of nitrogens with zero attached hydrogens (tertiary/aromatic N) is 2. The van der Waals surface area contributed by atoms with Crippen molar-refractivity contribution < 1.29 is 8.42 Å². The molecule has 0 spiro atoms. The molecular formula is C14H17ClN2O2S. The van der Waals surface area contributed by atoms with E-state index in [-0.39, 0.29) is 5.03 Å². The zero-order chi connectivity index (χ0) is 14.6. The smallest absolute Gasteiger partial charge is 0.280 e. The molecule has 0 aliphatic carbocycles. The standard InChI is InChI=1S/C14H17ClN2O2S/c1-2-6-13-16-14(20(15,18)19)11-17(13)10-9-12-7-4-3-5-8-12/h3-5,7-8,11H,2,6,9-10H2,1H3. The second kappa shape index (κ2) is 6.41. The number of halogens is 1. The Labute approximate surface area is 123 Å². The van der Waals surface area contributed by atoms with Crippen molar-refractivity contribution in [1.82, 2.24) is 9.55 Å². The molecular weight excluding hydrogens is 296 g/mol. The quantitative estimate of drug-likeness (QED) is 0.770. The summed E-state index contributed by atoms with van der Waals surface area (Å²) < 4.78 is 24.6. The van der Waals surface area contributed by atoms with Crippen molar-refractivity contribution in [1.29, 1.82) is 0 Å². The summed E-state index contributed by atoms with van der Waals surface area (Å²) in [6, 6.07) is 10.1. The molecule has 1 aromatic heterocycles. The topological polar surface area (TPSA) is 52.0 Å². The van der Waals surface area contributed by atoms with Crippen LogP contribution in [0.4, 0.5) is 0 Å². The summed E-state index contributed by atoms with van der Waals surface area (Å²) >= 11 is 0. The molecule has 0 atom stereocenters. The zero-order valence-electron chi connectivity index (χ0n) is 11.3. The molecule has 1 aromatic carbocycles. The molecule has 0 amide bonds. The summed E-state index contributed by atoms with van der Waals surface area (Å²) in [6.45, 7) is 2.73. The molecule has 2 aromatic rings. The van der Waals surface area contributed by atoms with E-state index in [0.29, 0.717) is 6.54 Å². The monoisotopic (exact) mass is 312 g/mol. The highest BCUT2D eigenvalue weighted by molar-refractivity contribution is 8.13. The number of rotatable bonds is 6. The van der Waals surface area contributed by atoms with Crippen LogP contribution in [0.2, 0.25) is 0 Å². The average Bonchev–Trinajstić information content (AvgIpc) is 2.81. The van der Waals surface area contributed by atoms with Crippen molar-refractivity contribution in [2.24, 2.45) is 0 Å². The van der Waals surface area contributed by atoms with E-state index in [1.54, 1.807) is 0 Å². The van der Waals surface area contributed by atoms with Gasteiger partial charge in [-0.3, -0.25) is 0 Å². The lowest BCUT2D eigenvalue weighted by molar-refractivity contribution is 0.606. The van der Waals surface area contributed by atoms with Crippen LogP contribution in [0.3, 0.4) is 0 Å². The highest BCUT2D eigenvalue weighted by Gasteiger charge is 2.17. The summed E-state index contributed by atoms with van der Waals surface area (Å²) in [5, 5.41) is -0.0596. The number of aryl methyl sites for hydroxylation is 3. The maximum atomic E-state index is 11.4. The van der Waals surface area contributed by atoms with E-state index < -0.39 is 9.05 Å². The lowest BCUT2D eigenvalue weighted by Gasteiger charge is -2.06. The lowest BCUT2D eigenvalue weighted by Crippen LogP contribution is -2.05. The Morgan fingerprint density at radius 1 is 1.20 bits per heavy atom. The van der Waals surface area contributed by atoms with Crippen molar-refractivity contribution in [3.63, 3.8) is 0 Å². The Bertz CT molecular complexity index is 666. The molecule has 0 unspecified atom stereocenters. The SMILES string of the molecule is CCCc1nc(S(=O)(=O)Cl)cn1CCc1ccccc1. The Balaban J connectivity index is 2.19. The van der Waals surface area contributed by atoms with E-state index >= 15 is 0 Å². The van der Waals surface area contributed by atoms with Gasteiger partial charge in [-0.1, -0.05) is 37.3 Å². The van der Waals surface area contributed by atoms with Crippen LogP contribution in [0.5, 0.6) is 0 Å². The van der Waals surface area contributed by atoms with Gasteiger partial charge in [-0.15, -0.1) is 0 Å². The second-order valence-electron chi connectivity index (χ2n) is 4.61. The van der Waals surface area contributed by atoms with Crippen LogP contribution in [0.25, 0.3) is 0 Å². The fraction of sp³-hybridized carbons (Fsp3) is 0.357. The lowest BCUT2D eigenvalue weighted by atomic mass is 10.1. The van der Waals surface area contributed by atoms with E-state index in [1.807, 2.05) is 29.7 Å². The first-order valence-electron chi connectivity index (χ1n) is 6.55. The first-order valence-corrected chi connectivity index (χ1v) is 8.86.